The summed E-state index contributed by atoms with van der Waals surface area (Å²) in [6, 6.07) is 6.05. The molecule has 18 nitrogen and oxygen atoms in total. The molecule has 7 heterocycles. The second-order valence-electron chi connectivity index (χ2n) is 16.2. The van der Waals surface area contributed by atoms with E-state index < -0.39 is 53.4 Å². The number of rotatable bonds is 12. The molecule has 3 amide bonds. The molecule has 2 aromatic carbocycles. The van der Waals surface area contributed by atoms with Gasteiger partial charge in [-0.2, -0.15) is 0 Å². The van der Waals surface area contributed by atoms with Crippen molar-refractivity contribution in [3.8, 4) is 0 Å². The number of aliphatic hydroxyl groups is 4. The molecule has 2 aliphatic heterocycles. The summed E-state index contributed by atoms with van der Waals surface area (Å²) in [6.07, 6.45) is 7.47. The number of carbonyl (C=O) groups is 2. The van der Waals surface area contributed by atoms with Crippen LogP contribution in [-0.2, 0) is 12.8 Å². The third-order valence-electron chi connectivity index (χ3n) is 11.0. The number of nitrogens with zero attached hydrogens (tertiary/aromatic N) is 9. The van der Waals surface area contributed by atoms with Crippen molar-refractivity contribution in [2.75, 3.05) is 91.3 Å². The Morgan fingerprint density at radius 1 is 0.658 bits per heavy atom. The van der Waals surface area contributed by atoms with Crippen molar-refractivity contribution in [1.29, 1.82) is 0 Å². The molecule has 414 valence electrons. The number of aliphatic hydroxyl groups excluding tert-OH is 4. The Morgan fingerprint density at radius 3 is 1.51 bits per heavy atom. The van der Waals surface area contributed by atoms with Gasteiger partial charge in [0.1, 0.15) is 6.33 Å². The normalized spacial score (nSPS) is 13.9. The lowest BCUT2D eigenvalue weighted by molar-refractivity contribution is 0.0885. The molecule has 0 saturated carbocycles. The fourth-order valence-electron chi connectivity index (χ4n) is 7.19. The first-order valence-electron chi connectivity index (χ1n) is 22.6. The molecule has 7 N–H and O–H groups in total. The van der Waals surface area contributed by atoms with Crippen LogP contribution in [0.4, 0.5) is 57.8 Å². The van der Waals surface area contributed by atoms with E-state index in [0.29, 0.717) is 78.2 Å². The zero-order valence-corrected chi connectivity index (χ0v) is 43.5. The Balaban J connectivity index is 0.000000250. The van der Waals surface area contributed by atoms with Gasteiger partial charge in [-0.25, -0.2) is 60.9 Å². The zero-order chi connectivity index (χ0) is 53.3. The topological polar surface area (TPSA) is 230 Å². The van der Waals surface area contributed by atoms with Gasteiger partial charge in [0.05, 0.1) is 51.2 Å². The van der Waals surface area contributed by atoms with Crippen LogP contribution in [0.5, 0.6) is 0 Å². The van der Waals surface area contributed by atoms with Gasteiger partial charge in [-0.3, -0.25) is 15.2 Å². The predicted octanol–water partition coefficient (Wildman–Crippen LogP) is 8.00. The summed E-state index contributed by atoms with van der Waals surface area (Å²) in [5, 5.41) is 45.4. The third-order valence-corrected chi connectivity index (χ3v) is 12.9. The molecule has 2 aliphatic rings. The van der Waals surface area contributed by atoms with Crippen molar-refractivity contribution in [1.82, 2.24) is 39.7 Å². The Hall–Kier alpha value is -5.68. The molecule has 2 atom stereocenters. The highest BCUT2D eigenvalue weighted by atomic mass is 35.5. The van der Waals surface area contributed by atoms with Gasteiger partial charge in [-0.15, -0.1) is 35.6 Å². The number of carbonyl (C=O) groups excluding carboxylic acids is 2. The molecule has 0 spiro atoms. The number of benzene rings is 2. The minimum Gasteiger partial charge on any atom is -0.394 e. The lowest BCUT2D eigenvalue weighted by Crippen LogP contribution is -2.50. The molecule has 7 aromatic rings. The number of pyridine rings is 2. The molecule has 9 rings (SSSR count). The van der Waals surface area contributed by atoms with Gasteiger partial charge in [-0.1, -0.05) is 30.1 Å². The number of hydrogen-bond acceptors (Lipinski definition) is 16. The van der Waals surface area contributed by atoms with E-state index in [1.54, 1.807) is 22.2 Å². The zero-order valence-electron chi connectivity index (χ0n) is 39.5. The molecule has 2 fully saturated rings. The molecule has 76 heavy (non-hydrogen) atoms. The van der Waals surface area contributed by atoms with E-state index in [9.17, 15) is 46.1 Å². The molecule has 0 bridgehead atoms. The molecule has 0 radical (unpaired) electrons. The standard InChI is InChI=1S/C21H22F3N5O3S.C13H20FN3O2.C11H6F2N4OS.CH2Cl2.CH4.ClH/c22-14-8-17-18(9-15(14)23)33-20(26-17)27-21(32)29-5-3-28(4-6-29)19-16(24)7-12(10-25-19)1-2-13(31)11-30;14-12-7-10(1-2-11(19)9-18)8-16-13(12)17-5-3-15-4-6-17;12-6-3-8-9(4-7(6)13)19-10(15-8)16-11(18)17-2-1-14-5-17;2-1-3;;/h7-10,13,30-31H,1-6,11H2,(H,26,27,32);7-8,11,15,18-19H,1-6,9H2;1-5H,(H,15,16,18);1H2;1H4;1H/t13-;11-;;;;/m00..../s1. The number of alkyl halides is 2. The monoisotopic (exact) mass is 1170 g/mol. The summed E-state index contributed by atoms with van der Waals surface area (Å²) in [5.41, 5.74) is 1.92. The maximum absolute atomic E-state index is 14.6. The number of piperazine rings is 2. The summed E-state index contributed by atoms with van der Waals surface area (Å²) in [6.45, 7) is 3.97. The molecule has 5 aromatic heterocycles. The smallest absolute Gasteiger partial charge is 0.333 e. The number of aromatic nitrogens is 6. The van der Waals surface area contributed by atoms with Crippen molar-refractivity contribution >= 4 is 113 Å². The van der Waals surface area contributed by atoms with Crippen molar-refractivity contribution < 1.29 is 56.4 Å². The van der Waals surface area contributed by atoms with Crippen LogP contribution < -0.4 is 25.8 Å². The third kappa shape index (κ3) is 18.0. The van der Waals surface area contributed by atoms with E-state index in [1.807, 2.05) is 4.90 Å². The lowest BCUT2D eigenvalue weighted by atomic mass is 10.1. The number of hydrogen-bond donors (Lipinski definition) is 7. The van der Waals surface area contributed by atoms with Crippen LogP contribution in [0.15, 0.2) is 67.5 Å². The van der Waals surface area contributed by atoms with Gasteiger partial charge in [0.15, 0.2) is 56.8 Å². The van der Waals surface area contributed by atoms with Crippen LogP contribution in [-0.4, -0.2) is 150 Å². The number of thiazole rings is 2. The quantitative estimate of drug-likeness (QED) is 0.0455. The predicted molar refractivity (Wildman–Crippen MR) is 285 cm³/mol. The minimum absolute atomic E-state index is 0. The molecule has 29 heteroatoms. The number of urea groups is 1. The average Bonchev–Trinajstić information content (AvgIpc) is 4.17. The second kappa shape index (κ2) is 30.9. The maximum atomic E-state index is 14.6. The number of amides is 3. The van der Waals surface area contributed by atoms with E-state index in [1.165, 1.54) is 35.4 Å². The first-order valence-corrected chi connectivity index (χ1v) is 25.3. The van der Waals surface area contributed by atoms with Gasteiger partial charge < -0.3 is 40.4 Å². The van der Waals surface area contributed by atoms with Crippen LogP contribution in [0.1, 0.15) is 31.4 Å². The number of anilines is 4. The number of imidazole rings is 1. The summed E-state index contributed by atoms with van der Waals surface area (Å²) in [5.74, 6) is -4.11. The van der Waals surface area contributed by atoms with E-state index >= 15 is 0 Å². The van der Waals surface area contributed by atoms with E-state index in [4.69, 9.17) is 33.4 Å². The first-order chi connectivity index (χ1) is 35.6. The second-order valence-corrected chi connectivity index (χ2v) is 19.1. The fourth-order valence-corrected chi connectivity index (χ4v) is 8.91. The Kier molecular flexibility index (Phi) is 25.6. The molecule has 2 saturated heterocycles. The Bertz CT molecular complexity index is 2860. The highest BCUT2D eigenvalue weighted by Gasteiger charge is 2.25. The molecular formula is C47H55Cl3F6N12O6S2. The fraction of sp³-hybridized carbons (Fsp3) is 0.383. The van der Waals surface area contributed by atoms with E-state index in [-0.39, 0.29) is 65.8 Å². The first kappa shape index (κ1) is 62.9. The largest absolute Gasteiger partial charge is 0.394 e. The highest BCUT2D eigenvalue weighted by Crippen LogP contribution is 2.30. The van der Waals surface area contributed by atoms with Gasteiger partial charge in [0, 0.05) is 89.3 Å². The van der Waals surface area contributed by atoms with Crippen molar-refractivity contribution in [2.24, 2.45) is 0 Å². The summed E-state index contributed by atoms with van der Waals surface area (Å²) < 4.78 is 83.5. The van der Waals surface area contributed by atoms with Gasteiger partial charge in [-0.05, 0) is 61.1 Å². The number of fused-ring (bicyclic) bond motifs is 2. The van der Waals surface area contributed by atoms with Crippen LogP contribution in [0.2, 0.25) is 0 Å². The molecular weight excluding hydrogens is 1110 g/mol. The van der Waals surface area contributed by atoms with E-state index in [0.717, 1.165) is 78.7 Å². The van der Waals surface area contributed by atoms with Gasteiger partial charge >= 0.3 is 12.1 Å². The summed E-state index contributed by atoms with van der Waals surface area (Å²) >= 11 is 11.6. The summed E-state index contributed by atoms with van der Waals surface area (Å²) in [4.78, 5) is 49.8. The van der Waals surface area contributed by atoms with Crippen LogP contribution in [0.25, 0.3) is 20.4 Å². The van der Waals surface area contributed by atoms with Gasteiger partial charge in [0.2, 0.25) is 0 Å². The Morgan fingerprint density at radius 2 is 1.09 bits per heavy atom. The molecule has 0 unspecified atom stereocenters. The number of halogens is 9. The van der Waals surface area contributed by atoms with Crippen LogP contribution >= 0.6 is 58.3 Å². The maximum Gasteiger partial charge on any atom is 0.333 e. The van der Waals surface area contributed by atoms with Crippen molar-refractivity contribution in [3.63, 3.8) is 0 Å². The van der Waals surface area contributed by atoms with Crippen LogP contribution in [0, 0.1) is 34.9 Å². The average molecular weight is 1170 g/mol. The van der Waals surface area contributed by atoms with Crippen LogP contribution in [0.3, 0.4) is 0 Å². The van der Waals surface area contributed by atoms with Crippen molar-refractivity contribution in [2.45, 2.75) is 45.3 Å². The minimum atomic E-state index is -1.00. The van der Waals surface area contributed by atoms with Crippen molar-refractivity contribution in [3.05, 3.63) is 114 Å². The van der Waals surface area contributed by atoms with Gasteiger partial charge in [0.25, 0.3) is 0 Å². The lowest BCUT2D eigenvalue weighted by Gasteiger charge is -2.35. The Labute approximate surface area is 456 Å². The van der Waals surface area contributed by atoms with E-state index in [2.05, 4.69) is 40.9 Å². The molecule has 0 aliphatic carbocycles. The number of aryl methyl sites for hydroxylation is 2. The highest BCUT2D eigenvalue weighted by molar-refractivity contribution is 7.22. The SMILES string of the molecule is C.Cl.ClCCl.O=C(Nc1nc2cc(F)c(F)cc2s1)N1CCN(c2ncc(CC[C@H](O)CO)cc2F)CC1.O=C(Nc1nc2cc(F)c(F)cc2s1)n1ccnc1.OC[C@@H](O)CCc1cnc(N2CCNCC2)c(F)c1. The number of nitrogens with one attached hydrogen (secondary N) is 3. The summed E-state index contributed by atoms with van der Waals surface area (Å²) in [7, 11) is 0.